The van der Waals surface area contributed by atoms with Crippen molar-refractivity contribution in [2.45, 2.75) is 50.6 Å². The number of nitrogens with one attached hydrogen (secondary N) is 1. The average Bonchev–Trinajstić information content (AvgIpc) is 3.05. The predicted octanol–water partition coefficient (Wildman–Crippen LogP) is 3.41. The first-order chi connectivity index (χ1) is 9.84. The third-order valence-electron chi connectivity index (χ3n) is 4.20. The second-order valence-corrected chi connectivity index (χ2v) is 5.70. The fraction of sp³-hybridized carbons (Fsp3) is 0.562. The second-order valence-electron chi connectivity index (χ2n) is 5.70. The molecule has 1 fully saturated rings. The van der Waals surface area contributed by atoms with Gasteiger partial charge in [-0.3, -0.25) is 5.32 Å². The Morgan fingerprint density at radius 1 is 1.30 bits per heavy atom. The molecule has 1 aliphatic carbocycles. The quantitative estimate of drug-likeness (QED) is 0.868. The van der Waals surface area contributed by atoms with Crippen molar-refractivity contribution in [1.29, 1.82) is 0 Å². The standard InChI is InChI=1S/C16H23N3O/c1-19-11-10-17-16(19)15(14-9-6-12-20-14)18-13-7-4-2-3-5-8-13/h6,9-13,15,18H,2-5,7-8H2,1H3. The summed E-state index contributed by atoms with van der Waals surface area (Å²) in [5.74, 6) is 1.97. The summed E-state index contributed by atoms with van der Waals surface area (Å²) in [4.78, 5) is 4.50. The lowest BCUT2D eigenvalue weighted by Crippen LogP contribution is -2.34. The molecule has 1 aliphatic rings. The highest BCUT2D eigenvalue weighted by Gasteiger charge is 2.24. The molecule has 4 nitrogen and oxygen atoms in total. The number of aryl methyl sites for hydroxylation is 1. The van der Waals surface area contributed by atoms with Gasteiger partial charge in [-0.15, -0.1) is 0 Å². The van der Waals surface area contributed by atoms with E-state index in [0.717, 1.165) is 11.6 Å². The maximum atomic E-state index is 5.63. The van der Waals surface area contributed by atoms with Gasteiger partial charge in [-0.05, 0) is 25.0 Å². The molecule has 0 bridgehead atoms. The van der Waals surface area contributed by atoms with Gasteiger partial charge in [-0.2, -0.15) is 0 Å². The number of nitrogens with zero attached hydrogens (tertiary/aromatic N) is 2. The van der Waals surface area contributed by atoms with Gasteiger partial charge in [-0.25, -0.2) is 4.98 Å². The van der Waals surface area contributed by atoms with Crippen LogP contribution in [0.5, 0.6) is 0 Å². The van der Waals surface area contributed by atoms with E-state index < -0.39 is 0 Å². The van der Waals surface area contributed by atoms with Crippen LogP contribution in [0.2, 0.25) is 0 Å². The molecule has 0 radical (unpaired) electrons. The Hall–Kier alpha value is -1.55. The number of aromatic nitrogens is 2. The summed E-state index contributed by atoms with van der Waals surface area (Å²) >= 11 is 0. The minimum absolute atomic E-state index is 0.0492. The molecule has 1 atom stereocenters. The van der Waals surface area contributed by atoms with Crippen LogP contribution in [0.25, 0.3) is 0 Å². The molecular formula is C16H23N3O. The fourth-order valence-electron chi connectivity index (χ4n) is 3.08. The van der Waals surface area contributed by atoms with Gasteiger partial charge in [0.25, 0.3) is 0 Å². The maximum absolute atomic E-state index is 5.63. The first-order valence-electron chi connectivity index (χ1n) is 7.61. The Morgan fingerprint density at radius 2 is 2.10 bits per heavy atom. The first kappa shape index (κ1) is 13.4. The molecule has 3 rings (SSSR count). The summed E-state index contributed by atoms with van der Waals surface area (Å²) in [7, 11) is 2.03. The smallest absolute Gasteiger partial charge is 0.133 e. The second kappa shape index (κ2) is 6.27. The number of imidazole rings is 1. The molecular weight excluding hydrogens is 250 g/mol. The van der Waals surface area contributed by atoms with E-state index in [2.05, 4.69) is 14.9 Å². The summed E-state index contributed by atoms with van der Waals surface area (Å²) in [6.45, 7) is 0. The summed E-state index contributed by atoms with van der Waals surface area (Å²) in [5.41, 5.74) is 0. The van der Waals surface area contributed by atoms with Gasteiger partial charge >= 0.3 is 0 Å². The van der Waals surface area contributed by atoms with E-state index in [0.29, 0.717) is 6.04 Å². The van der Waals surface area contributed by atoms with Gasteiger partial charge in [0, 0.05) is 25.5 Å². The molecule has 1 N–H and O–H groups in total. The molecule has 0 saturated heterocycles. The summed E-state index contributed by atoms with van der Waals surface area (Å²) in [5, 5.41) is 3.76. The lowest BCUT2D eigenvalue weighted by molar-refractivity contribution is 0.367. The lowest BCUT2D eigenvalue weighted by Gasteiger charge is -2.23. The zero-order valence-corrected chi connectivity index (χ0v) is 12.1. The van der Waals surface area contributed by atoms with Crippen molar-refractivity contribution < 1.29 is 4.42 Å². The summed E-state index contributed by atoms with van der Waals surface area (Å²) in [6, 6.07) is 4.58. The predicted molar refractivity (Wildman–Crippen MR) is 78.4 cm³/mol. The van der Waals surface area contributed by atoms with Crippen molar-refractivity contribution in [3.8, 4) is 0 Å². The Labute approximate surface area is 120 Å². The van der Waals surface area contributed by atoms with Gasteiger partial charge in [0.15, 0.2) is 0 Å². The van der Waals surface area contributed by atoms with E-state index in [1.54, 1.807) is 6.26 Å². The van der Waals surface area contributed by atoms with Crippen LogP contribution in [0.15, 0.2) is 35.2 Å². The van der Waals surface area contributed by atoms with Crippen LogP contribution in [0, 0.1) is 0 Å². The number of hydrogen-bond donors (Lipinski definition) is 1. The SMILES string of the molecule is Cn1ccnc1C(NC1CCCCCC1)c1ccco1. The highest BCUT2D eigenvalue weighted by molar-refractivity contribution is 5.16. The van der Waals surface area contributed by atoms with Crippen LogP contribution in [0.4, 0.5) is 0 Å². The highest BCUT2D eigenvalue weighted by atomic mass is 16.3. The van der Waals surface area contributed by atoms with Crippen molar-refractivity contribution in [1.82, 2.24) is 14.9 Å². The number of furan rings is 1. The molecule has 20 heavy (non-hydrogen) atoms. The molecule has 108 valence electrons. The zero-order valence-electron chi connectivity index (χ0n) is 12.1. The van der Waals surface area contributed by atoms with Crippen molar-refractivity contribution in [3.05, 3.63) is 42.4 Å². The van der Waals surface area contributed by atoms with Gasteiger partial charge in [0.1, 0.15) is 17.6 Å². The van der Waals surface area contributed by atoms with Crippen molar-refractivity contribution >= 4 is 0 Å². The zero-order chi connectivity index (χ0) is 13.8. The summed E-state index contributed by atoms with van der Waals surface area (Å²) < 4.78 is 7.70. The van der Waals surface area contributed by atoms with Crippen LogP contribution in [-0.4, -0.2) is 15.6 Å². The van der Waals surface area contributed by atoms with E-state index in [1.807, 2.05) is 31.6 Å². The molecule has 1 saturated carbocycles. The largest absolute Gasteiger partial charge is 0.467 e. The normalized spacial score (nSPS) is 18.9. The minimum atomic E-state index is 0.0492. The van der Waals surface area contributed by atoms with Gasteiger partial charge in [0.2, 0.25) is 0 Å². The minimum Gasteiger partial charge on any atom is -0.467 e. The van der Waals surface area contributed by atoms with Crippen LogP contribution in [-0.2, 0) is 7.05 Å². The van der Waals surface area contributed by atoms with Crippen LogP contribution in [0.3, 0.4) is 0 Å². The van der Waals surface area contributed by atoms with Crippen molar-refractivity contribution in [2.24, 2.45) is 7.05 Å². The van der Waals surface area contributed by atoms with Crippen molar-refractivity contribution in [3.63, 3.8) is 0 Å². The first-order valence-corrected chi connectivity index (χ1v) is 7.61. The third-order valence-corrected chi connectivity index (χ3v) is 4.20. The van der Waals surface area contributed by atoms with Gasteiger partial charge < -0.3 is 8.98 Å². The van der Waals surface area contributed by atoms with E-state index >= 15 is 0 Å². The Bertz CT molecular complexity index is 510. The van der Waals surface area contributed by atoms with Gasteiger partial charge in [0.05, 0.1) is 6.26 Å². The number of hydrogen-bond acceptors (Lipinski definition) is 3. The van der Waals surface area contributed by atoms with Crippen LogP contribution in [0.1, 0.15) is 56.2 Å². The molecule has 2 aromatic rings. The van der Waals surface area contributed by atoms with E-state index in [-0.39, 0.29) is 6.04 Å². The van der Waals surface area contributed by atoms with Crippen LogP contribution >= 0.6 is 0 Å². The Morgan fingerprint density at radius 3 is 2.70 bits per heavy atom. The third kappa shape index (κ3) is 2.96. The number of rotatable bonds is 4. The topological polar surface area (TPSA) is 43.0 Å². The Kier molecular flexibility index (Phi) is 4.21. The molecule has 0 amide bonds. The van der Waals surface area contributed by atoms with E-state index in [9.17, 15) is 0 Å². The van der Waals surface area contributed by atoms with Crippen LogP contribution < -0.4 is 5.32 Å². The monoisotopic (exact) mass is 273 g/mol. The molecule has 1 unspecified atom stereocenters. The highest BCUT2D eigenvalue weighted by Crippen LogP contribution is 2.25. The molecule has 2 aromatic heterocycles. The molecule has 0 aliphatic heterocycles. The molecule has 2 heterocycles. The van der Waals surface area contributed by atoms with Crippen molar-refractivity contribution in [2.75, 3.05) is 0 Å². The maximum Gasteiger partial charge on any atom is 0.133 e. The molecule has 0 spiro atoms. The fourth-order valence-corrected chi connectivity index (χ4v) is 3.08. The van der Waals surface area contributed by atoms with Gasteiger partial charge in [-0.1, -0.05) is 25.7 Å². The van der Waals surface area contributed by atoms with E-state index in [4.69, 9.17) is 4.42 Å². The summed E-state index contributed by atoms with van der Waals surface area (Å²) in [6.07, 6.45) is 13.5. The molecule has 4 heteroatoms. The average molecular weight is 273 g/mol. The van der Waals surface area contributed by atoms with E-state index in [1.165, 1.54) is 38.5 Å². The molecule has 0 aromatic carbocycles. The Balaban J connectivity index is 1.81. The lowest BCUT2D eigenvalue weighted by atomic mass is 10.1.